The highest BCUT2D eigenvalue weighted by atomic mass is 35.5. The van der Waals surface area contributed by atoms with Gasteiger partial charge in [-0.2, -0.15) is 5.10 Å². The molecule has 0 aliphatic carbocycles. The SMILES string of the molecule is COc1cc(C=NNC(=O)c2[nH]c3ccc(C)cc3c2-c2ccccc2)ccc1OC(=O)c1cc(Cl)ccc1OC. The molecule has 5 aromatic rings. The van der Waals surface area contributed by atoms with Crippen LogP contribution in [0.25, 0.3) is 22.0 Å². The summed E-state index contributed by atoms with van der Waals surface area (Å²) in [6.45, 7) is 2.01. The van der Waals surface area contributed by atoms with Gasteiger partial charge in [0.15, 0.2) is 11.5 Å². The smallest absolute Gasteiger partial charge is 0.347 e. The molecule has 0 spiro atoms. The van der Waals surface area contributed by atoms with E-state index in [4.69, 9.17) is 25.8 Å². The zero-order valence-electron chi connectivity index (χ0n) is 22.5. The Kier molecular flexibility index (Phi) is 8.03. The third kappa shape index (κ3) is 5.92. The first-order valence-electron chi connectivity index (χ1n) is 12.6. The van der Waals surface area contributed by atoms with E-state index in [1.807, 2.05) is 49.4 Å². The fraction of sp³-hybridized carbons (Fsp3) is 0.0938. The minimum Gasteiger partial charge on any atom is -0.496 e. The van der Waals surface area contributed by atoms with Gasteiger partial charge >= 0.3 is 5.97 Å². The number of nitrogens with one attached hydrogen (secondary N) is 2. The Morgan fingerprint density at radius 3 is 2.39 bits per heavy atom. The lowest BCUT2D eigenvalue weighted by Gasteiger charge is -2.12. The summed E-state index contributed by atoms with van der Waals surface area (Å²) in [6, 6.07) is 25.3. The molecular formula is C32H26ClN3O5. The van der Waals surface area contributed by atoms with Gasteiger partial charge in [0.05, 0.1) is 20.4 Å². The Labute approximate surface area is 241 Å². The molecule has 8 nitrogen and oxygen atoms in total. The van der Waals surface area contributed by atoms with Gasteiger partial charge in [0.1, 0.15) is 17.0 Å². The molecule has 206 valence electrons. The molecule has 2 N–H and O–H groups in total. The Bertz CT molecular complexity index is 1780. The molecule has 1 heterocycles. The number of aryl methyl sites for hydroxylation is 1. The maximum atomic E-state index is 13.2. The molecule has 0 aliphatic rings. The standard InChI is InChI=1S/C32H26ClN3O5/c1-19-9-12-25-23(15-19)29(21-7-5-4-6-8-21)30(35-25)31(37)36-34-18-20-10-13-27(28(16-20)40-3)41-32(38)24-17-22(33)11-14-26(24)39-2/h4-18,35H,1-3H3,(H,36,37). The molecule has 0 bridgehead atoms. The van der Waals surface area contributed by atoms with Gasteiger partial charge in [-0.1, -0.05) is 53.6 Å². The first-order chi connectivity index (χ1) is 19.9. The highest BCUT2D eigenvalue weighted by Crippen LogP contribution is 2.33. The van der Waals surface area contributed by atoms with Crippen molar-refractivity contribution < 1.29 is 23.8 Å². The van der Waals surface area contributed by atoms with Crippen LogP contribution in [0, 0.1) is 6.92 Å². The van der Waals surface area contributed by atoms with Crippen LogP contribution in [0.4, 0.5) is 0 Å². The third-order valence-electron chi connectivity index (χ3n) is 6.40. The maximum Gasteiger partial charge on any atom is 0.347 e. The summed E-state index contributed by atoms with van der Waals surface area (Å²) in [5.74, 6) is -0.215. The number of carbonyl (C=O) groups is 2. The molecule has 0 saturated heterocycles. The number of hydrogen-bond donors (Lipinski definition) is 2. The minimum atomic E-state index is -0.654. The van der Waals surface area contributed by atoms with Crippen LogP contribution in [0.15, 0.2) is 90.0 Å². The van der Waals surface area contributed by atoms with Gasteiger partial charge in [-0.25, -0.2) is 10.2 Å². The summed E-state index contributed by atoms with van der Waals surface area (Å²) in [7, 11) is 2.91. The Balaban J connectivity index is 1.35. The summed E-state index contributed by atoms with van der Waals surface area (Å²) >= 11 is 6.04. The first kappa shape index (κ1) is 27.5. The summed E-state index contributed by atoms with van der Waals surface area (Å²) in [5.41, 5.74) is 7.47. The number of methoxy groups -OCH3 is 2. The monoisotopic (exact) mass is 567 g/mol. The number of amides is 1. The highest BCUT2D eigenvalue weighted by molar-refractivity contribution is 6.31. The average Bonchev–Trinajstić information content (AvgIpc) is 3.37. The first-order valence-corrected chi connectivity index (χ1v) is 13.0. The van der Waals surface area contributed by atoms with Gasteiger partial charge in [-0.15, -0.1) is 0 Å². The molecular weight excluding hydrogens is 542 g/mol. The van der Waals surface area contributed by atoms with E-state index < -0.39 is 5.97 Å². The number of hydrogen-bond acceptors (Lipinski definition) is 6. The summed E-state index contributed by atoms with van der Waals surface area (Å²) < 4.78 is 16.2. The Hall–Kier alpha value is -5.08. The van der Waals surface area contributed by atoms with Crippen molar-refractivity contribution >= 4 is 40.6 Å². The number of carbonyl (C=O) groups excluding carboxylic acids is 2. The molecule has 1 aromatic heterocycles. The van der Waals surface area contributed by atoms with Crippen molar-refractivity contribution in [1.82, 2.24) is 10.4 Å². The van der Waals surface area contributed by atoms with Crippen molar-refractivity contribution in [3.05, 3.63) is 112 Å². The van der Waals surface area contributed by atoms with E-state index in [0.29, 0.717) is 27.8 Å². The predicted molar refractivity (Wildman–Crippen MR) is 159 cm³/mol. The van der Waals surface area contributed by atoms with Crippen molar-refractivity contribution in [3.8, 4) is 28.4 Å². The van der Waals surface area contributed by atoms with Crippen LogP contribution >= 0.6 is 11.6 Å². The van der Waals surface area contributed by atoms with Crippen molar-refractivity contribution in [3.63, 3.8) is 0 Å². The lowest BCUT2D eigenvalue weighted by molar-refractivity contribution is 0.0726. The van der Waals surface area contributed by atoms with Crippen LogP contribution in [-0.2, 0) is 0 Å². The molecule has 0 radical (unpaired) electrons. The average molecular weight is 568 g/mol. The number of hydrazone groups is 1. The summed E-state index contributed by atoms with van der Waals surface area (Å²) in [6.07, 6.45) is 1.47. The predicted octanol–water partition coefficient (Wildman–Crippen LogP) is 6.80. The van der Waals surface area contributed by atoms with Crippen molar-refractivity contribution in [2.45, 2.75) is 6.92 Å². The Morgan fingerprint density at radius 1 is 0.878 bits per heavy atom. The van der Waals surface area contributed by atoms with E-state index >= 15 is 0 Å². The van der Waals surface area contributed by atoms with E-state index in [-0.39, 0.29) is 17.2 Å². The molecule has 0 saturated carbocycles. The molecule has 1 amide bonds. The number of nitrogens with zero attached hydrogens (tertiary/aromatic N) is 1. The van der Waals surface area contributed by atoms with Crippen LogP contribution in [0.1, 0.15) is 32.0 Å². The zero-order valence-corrected chi connectivity index (χ0v) is 23.3. The topological polar surface area (TPSA) is 102 Å². The fourth-order valence-corrected chi connectivity index (χ4v) is 4.62. The number of esters is 1. The molecule has 41 heavy (non-hydrogen) atoms. The third-order valence-corrected chi connectivity index (χ3v) is 6.63. The van der Waals surface area contributed by atoms with E-state index in [0.717, 1.165) is 27.6 Å². The molecule has 0 aliphatic heterocycles. The van der Waals surface area contributed by atoms with Gasteiger partial charge in [0, 0.05) is 21.5 Å². The van der Waals surface area contributed by atoms with Crippen LogP contribution < -0.4 is 19.6 Å². The van der Waals surface area contributed by atoms with E-state index in [2.05, 4.69) is 21.6 Å². The van der Waals surface area contributed by atoms with E-state index in [9.17, 15) is 9.59 Å². The van der Waals surface area contributed by atoms with Crippen molar-refractivity contribution in [1.29, 1.82) is 0 Å². The normalized spacial score (nSPS) is 11.0. The second kappa shape index (κ2) is 12.0. The van der Waals surface area contributed by atoms with Crippen LogP contribution in [0.2, 0.25) is 5.02 Å². The summed E-state index contributed by atoms with van der Waals surface area (Å²) in [4.78, 5) is 29.3. The van der Waals surface area contributed by atoms with Crippen LogP contribution in [0.3, 0.4) is 0 Å². The lowest BCUT2D eigenvalue weighted by Crippen LogP contribution is -2.18. The largest absolute Gasteiger partial charge is 0.496 e. The number of fused-ring (bicyclic) bond motifs is 1. The number of aromatic amines is 1. The van der Waals surface area contributed by atoms with Crippen molar-refractivity contribution in [2.75, 3.05) is 14.2 Å². The number of H-pyrrole nitrogens is 1. The van der Waals surface area contributed by atoms with Gasteiger partial charge in [-0.3, -0.25) is 4.79 Å². The Morgan fingerprint density at radius 2 is 1.63 bits per heavy atom. The van der Waals surface area contributed by atoms with Gasteiger partial charge in [-0.05, 0) is 66.6 Å². The van der Waals surface area contributed by atoms with E-state index in [1.54, 1.807) is 30.3 Å². The summed E-state index contributed by atoms with van der Waals surface area (Å²) in [5, 5.41) is 5.47. The van der Waals surface area contributed by atoms with E-state index in [1.165, 1.54) is 26.5 Å². The van der Waals surface area contributed by atoms with Crippen molar-refractivity contribution in [2.24, 2.45) is 5.10 Å². The molecule has 4 aromatic carbocycles. The number of halogens is 1. The number of ether oxygens (including phenoxy) is 3. The second-order valence-corrected chi connectivity index (χ2v) is 9.57. The van der Waals surface area contributed by atoms with Gasteiger partial charge < -0.3 is 19.2 Å². The van der Waals surface area contributed by atoms with Gasteiger partial charge in [0.25, 0.3) is 5.91 Å². The number of rotatable bonds is 8. The number of benzene rings is 4. The highest BCUT2D eigenvalue weighted by Gasteiger charge is 2.20. The molecule has 0 fully saturated rings. The quantitative estimate of drug-likeness (QED) is 0.0929. The molecule has 9 heteroatoms. The lowest BCUT2D eigenvalue weighted by atomic mass is 10.0. The zero-order chi connectivity index (χ0) is 28.9. The van der Waals surface area contributed by atoms with Crippen LogP contribution in [0.5, 0.6) is 17.2 Å². The molecule has 5 rings (SSSR count). The fourth-order valence-electron chi connectivity index (χ4n) is 4.45. The molecule has 0 atom stereocenters. The second-order valence-electron chi connectivity index (χ2n) is 9.13. The molecule has 0 unspecified atom stereocenters. The maximum absolute atomic E-state index is 13.2. The number of aromatic nitrogens is 1. The van der Waals surface area contributed by atoms with Crippen LogP contribution in [-0.4, -0.2) is 37.3 Å². The minimum absolute atomic E-state index is 0.178. The van der Waals surface area contributed by atoms with Gasteiger partial charge in [0.2, 0.25) is 0 Å².